The summed E-state index contributed by atoms with van der Waals surface area (Å²) < 4.78 is 26.2. The number of hydrogen-bond donors (Lipinski definition) is 0. The Bertz CT molecular complexity index is 700. The molecule has 24 heavy (non-hydrogen) atoms. The van der Waals surface area contributed by atoms with E-state index < -0.39 is 16.1 Å². The van der Waals surface area contributed by atoms with Gasteiger partial charge >= 0.3 is 0 Å². The lowest BCUT2D eigenvalue weighted by atomic mass is 10.1. The number of piperidine rings is 1. The van der Waals surface area contributed by atoms with E-state index >= 15 is 0 Å². The minimum absolute atomic E-state index is 0.123. The molecule has 1 amide bonds. The van der Waals surface area contributed by atoms with Gasteiger partial charge in [-0.2, -0.15) is 0 Å². The first-order chi connectivity index (χ1) is 11.3. The molecule has 1 aliphatic heterocycles. The van der Waals surface area contributed by atoms with Gasteiger partial charge in [-0.25, -0.2) is 8.42 Å². The maximum absolute atomic E-state index is 13.0. The summed E-state index contributed by atoms with van der Waals surface area (Å²) in [6.07, 6.45) is 4.60. The first-order valence-corrected chi connectivity index (χ1v) is 10.5. The molecule has 1 heterocycles. The highest BCUT2D eigenvalue weighted by molar-refractivity contribution is 7.92. The van der Waals surface area contributed by atoms with Crippen LogP contribution in [0.4, 0.5) is 5.69 Å². The molecule has 1 aromatic carbocycles. The van der Waals surface area contributed by atoms with Crippen LogP contribution in [0.25, 0.3) is 0 Å². The molecule has 134 valence electrons. The van der Waals surface area contributed by atoms with Crippen molar-refractivity contribution in [3.05, 3.63) is 28.8 Å². The van der Waals surface area contributed by atoms with Gasteiger partial charge in [-0.3, -0.25) is 9.10 Å². The molecule has 1 atom stereocenters. The maximum atomic E-state index is 13.0. The van der Waals surface area contributed by atoms with Crippen LogP contribution in [-0.2, 0) is 14.8 Å². The van der Waals surface area contributed by atoms with Crippen LogP contribution in [0.15, 0.2) is 18.2 Å². The number of benzene rings is 1. The summed E-state index contributed by atoms with van der Waals surface area (Å²) in [5, 5.41) is 0.449. The summed E-state index contributed by atoms with van der Waals surface area (Å²) in [4.78, 5) is 14.8. The van der Waals surface area contributed by atoms with Crippen molar-refractivity contribution in [2.45, 2.75) is 45.6 Å². The molecule has 7 heteroatoms. The zero-order chi connectivity index (χ0) is 17.9. The number of anilines is 1. The average molecular weight is 373 g/mol. The van der Waals surface area contributed by atoms with Crippen molar-refractivity contribution < 1.29 is 13.2 Å². The smallest absolute Gasteiger partial charge is 0.246 e. The Morgan fingerprint density at radius 1 is 1.29 bits per heavy atom. The van der Waals surface area contributed by atoms with Crippen molar-refractivity contribution in [2.24, 2.45) is 0 Å². The number of likely N-dealkylation sites (tertiary alicyclic amines) is 1. The Morgan fingerprint density at radius 2 is 1.92 bits per heavy atom. The number of halogens is 1. The van der Waals surface area contributed by atoms with E-state index in [1.165, 1.54) is 4.31 Å². The third-order valence-electron chi connectivity index (χ3n) is 4.39. The first kappa shape index (κ1) is 19.1. The third-order valence-corrected chi connectivity index (χ3v) is 5.79. The zero-order valence-electron chi connectivity index (χ0n) is 14.5. The predicted octanol–water partition coefficient (Wildman–Crippen LogP) is 3.21. The minimum Gasteiger partial charge on any atom is -0.341 e. The fourth-order valence-electron chi connectivity index (χ4n) is 3.16. The van der Waals surface area contributed by atoms with Crippen molar-refractivity contribution in [2.75, 3.05) is 23.7 Å². The molecule has 0 bridgehead atoms. The predicted molar refractivity (Wildman–Crippen MR) is 98.0 cm³/mol. The molecular formula is C17H25ClN2O3S. The van der Waals surface area contributed by atoms with E-state index in [2.05, 4.69) is 0 Å². The monoisotopic (exact) mass is 372 g/mol. The van der Waals surface area contributed by atoms with Gasteiger partial charge in [0, 0.05) is 18.1 Å². The fourth-order valence-corrected chi connectivity index (χ4v) is 4.59. The normalized spacial score (nSPS) is 16.8. The zero-order valence-corrected chi connectivity index (χ0v) is 16.0. The number of aryl methyl sites for hydroxylation is 1. The van der Waals surface area contributed by atoms with Crippen LogP contribution in [-0.4, -0.2) is 44.6 Å². The number of rotatable bonds is 5. The summed E-state index contributed by atoms with van der Waals surface area (Å²) in [5.74, 6) is -0.123. The molecule has 0 saturated carbocycles. The van der Waals surface area contributed by atoms with E-state index in [-0.39, 0.29) is 5.91 Å². The number of sulfonamides is 1. The molecule has 5 nitrogen and oxygen atoms in total. The number of amides is 1. The van der Waals surface area contributed by atoms with Gasteiger partial charge in [0.1, 0.15) is 6.04 Å². The highest BCUT2D eigenvalue weighted by Gasteiger charge is 2.35. The van der Waals surface area contributed by atoms with Crippen LogP contribution in [0.3, 0.4) is 0 Å². The second-order valence-electron chi connectivity index (χ2n) is 6.30. The summed E-state index contributed by atoms with van der Waals surface area (Å²) in [5.41, 5.74) is 1.25. The van der Waals surface area contributed by atoms with E-state index in [0.717, 1.165) is 31.1 Å². The van der Waals surface area contributed by atoms with Crippen LogP contribution >= 0.6 is 11.6 Å². The third kappa shape index (κ3) is 4.22. The van der Waals surface area contributed by atoms with Gasteiger partial charge < -0.3 is 4.90 Å². The summed E-state index contributed by atoms with van der Waals surface area (Å²) in [6, 6.07) is 4.36. The van der Waals surface area contributed by atoms with E-state index in [0.29, 0.717) is 30.2 Å². The van der Waals surface area contributed by atoms with Gasteiger partial charge in [0.2, 0.25) is 15.9 Å². The molecule has 1 unspecified atom stereocenters. The van der Waals surface area contributed by atoms with Crippen LogP contribution in [0.2, 0.25) is 5.02 Å². The maximum Gasteiger partial charge on any atom is 0.246 e. The Labute approximate surface area is 149 Å². The second kappa shape index (κ2) is 7.74. The molecular weight excluding hydrogens is 348 g/mol. The minimum atomic E-state index is -3.63. The molecule has 0 aliphatic carbocycles. The summed E-state index contributed by atoms with van der Waals surface area (Å²) >= 11 is 6.07. The Hall–Kier alpha value is -1.27. The number of carbonyl (C=O) groups excluding carboxylic acids is 1. The Kier molecular flexibility index (Phi) is 6.15. The van der Waals surface area contributed by atoms with Gasteiger partial charge in [-0.05, 0) is 50.3 Å². The van der Waals surface area contributed by atoms with Crippen molar-refractivity contribution in [3.63, 3.8) is 0 Å². The van der Waals surface area contributed by atoms with Gasteiger partial charge in [0.05, 0.1) is 11.9 Å². The molecule has 1 saturated heterocycles. The molecule has 0 radical (unpaired) electrons. The highest BCUT2D eigenvalue weighted by atomic mass is 35.5. The first-order valence-electron chi connectivity index (χ1n) is 8.30. The Balaban J connectivity index is 2.45. The van der Waals surface area contributed by atoms with Crippen molar-refractivity contribution in [1.29, 1.82) is 0 Å². The van der Waals surface area contributed by atoms with E-state index in [1.807, 2.05) is 13.8 Å². The highest BCUT2D eigenvalue weighted by Crippen LogP contribution is 2.30. The Morgan fingerprint density at radius 3 is 2.46 bits per heavy atom. The number of nitrogens with zero attached hydrogens (tertiary/aromatic N) is 2. The van der Waals surface area contributed by atoms with Crippen molar-refractivity contribution in [1.82, 2.24) is 4.90 Å². The van der Waals surface area contributed by atoms with E-state index in [9.17, 15) is 13.2 Å². The van der Waals surface area contributed by atoms with Crippen LogP contribution in [0, 0.1) is 6.92 Å². The van der Waals surface area contributed by atoms with Crippen LogP contribution in [0.5, 0.6) is 0 Å². The molecule has 0 aromatic heterocycles. The average Bonchev–Trinajstić information content (AvgIpc) is 2.54. The van der Waals surface area contributed by atoms with Crippen LogP contribution in [0.1, 0.15) is 38.2 Å². The van der Waals surface area contributed by atoms with Gasteiger partial charge in [0.25, 0.3) is 0 Å². The lowest BCUT2D eigenvalue weighted by Crippen LogP contribution is -2.52. The lowest BCUT2D eigenvalue weighted by Gasteiger charge is -2.36. The molecule has 0 spiro atoms. The van der Waals surface area contributed by atoms with Gasteiger partial charge in [0.15, 0.2) is 0 Å². The summed E-state index contributed by atoms with van der Waals surface area (Å²) in [6.45, 7) is 5.05. The summed E-state index contributed by atoms with van der Waals surface area (Å²) in [7, 11) is -3.63. The fraction of sp³-hybridized carbons (Fsp3) is 0.588. The molecule has 1 aromatic rings. The van der Waals surface area contributed by atoms with Crippen LogP contribution < -0.4 is 4.31 Å². The van der Waals surface area contributed by atoms with Gasteiger partial charge in [-0.1, -0.05) is 24.6 Å². The molecule has 2 rings (SSSR count). The number of carbonyl (C=O) groups is 1. The molecule has 1 aliphatic rings. The lowest BCUT2D eigenvalue weighted by molar-refractivity contribution is -0.133. The molecule has 0 N–H and O–H groups in total. The number of hydrogen-bond acceptors (Lipinski definition) is 3. The molecule has 1 fully saturated rings. The van der Waals surface area contributed by atoms with E-state index in [1.54, 1.807) is 23.1 Å². The van der Waals surface area contributed by atoms with E-state index in [4.69, 9.17) is 11.6 Å². The topological polar surface area (TPSA) is 57.7 Å². The second-order valence-corrected chi connectivity index (χ2v) is 8.60. The standard InChI is InChI=1S/C17H25ClN2O3S/c1-4-15(17(21)19-10-6-5-7-11-19)20(24(3,22)23)16-12-14(18)9-8-13(16)2/h8-9,12,15H,4-7,10-11H2,1-3H3. The van der Waals surface area contributed by atoms with Crippen molar-refractivity contribution >= 4 is 33.2 Å². The largest absolute Gasteiger partial charge is 0.341 e. The van der Waals surface area contributed by atoms with Crippen molar-refractivity contribution in [3.8, 4) is 0 Å². The quantitative estimate of drug-likeness (QED) is 0.797. The van der Waals surface area contributed by atoms with Gasteiger partial charge in [-0.15, -0.1) is 0 Å². The SMILES string of the molecule is CCC(C(=O)N1CCCCC1)N(c1cc(Cl)ccc1C)S(C)(=O)=O.